The molecule has 4 aromatic rings. The van der Waals surface area contributed by atoms with E-state index in [0.717, 1.165) is 68.9 Å². The van der Waals surface area contributed by atoms with Gasteiger partial charge in [0.25, 0.3) is 0 Å². The van der Waals surface area contributed by atoms with E-state index in [1.807, 2.05) is 0 Å². The molecule has 2 saturated heterocycles. The van der Waals surface area contributed by atoms with Crippen LogP contribution in [0.25, 0.3) is 11.0 Å². The Kier molecular flexibility index (Phi) is 7.56. The molecular formula is C31H32ClF2N3O2. The summed E-state index contributed by atoms with van der Waals surface area (Å²) in [6.07, 6.45) is 2.93. The van der Waals surface area contributed by atoms with Gasteiger partial charge < -0.3 is 14.0 Å². The van der Waals surface area contributed by atoms with Crippen LogP contribution >= 0.6 is 11.6 Å². The van der Waals surface area contributed by atoms with Crippen LogP contribution in [0.15, 0.2) is 54.6 Å². The highest BCUT2D eigenvalue weighted by atomic mass is 35.5. The lowest BCUT2D eigenvalue weighted by Crippen LogP contribution is -2.35. The van der Waals surface area contributed by atoms with Crippen molar-refractivity contribution >= 4 is 22.6 Å². The first-order valence-corrected chi connectivity index (χ1v) is 14.0. The highest BCUT2D eigenvalue weighted by Gasteiger charge is 2.28. The second-order valence-electron chi connectivity index (χ2n) is 10.6. The normalized spacial score (nSPS) is 18.4. The number of ether oxygens (including phenoxy) is 2. The van der Waals surface area contributed by atoms with Gasteiger partial charge in [-0.2, -0.15) is 0 Å². The molecule has 5 nitrogen and oxygen atoms in total. The molecule has 1 aromatic heterocycles. The molecule has 1 atom stereocenters. The van der Waals surface area contributed by atoms with Gasteiger partial charge in [-0.3, -0.25) is 4.90 Å². The molecule has 39 heavy (non-hydrogen) atoms. The van der Waals surface area contributed by atoms with Gasteiger partial charge in [0, 0.05) is 22.8 Å². The number of halogens is 3. The van der Waals surface area contributed by atoms with Crippen molar-refractivity contribution in [2.75, 3.05) is 19.7 Å². The maximum Gasteiger partial charge on any atom is 0.131 e. The van der Waals surface area contributed by atoms with E-state index < -0.39 is 5.82 Å². The van der Waals surface area contributed by atoms with Crippen LogP contribution in [0.2, 0.25) is 5.02 Å². The minimum atomic E-state index is -0.432. The van der Waals surface area contributed by atoms with Gasteiger partial charge in [0.2, 0.25) is 0 Å². The number of likely N-dealkylation sites (tertiary alicyclic amines) is 1. The number of hydrogen-bond acceptors (Lipinski definition) is 4. The fourth-order valence-corrected chi connectivity index (χ4v) is 5.81. The molecule has 2 aliphatic rings. The van der Waals surface area contributed by atoms with Gasteiger partial charge in [0.1, 0.15) is 29.8 Å². The zero-order valence-corrected chi connectivity index (χ0v) is 22.8. The SMILES string of the molecule is Cc1ccc2nc(CN3CCC(c4c(F)cccc4OCc4ccc(Cl)cc4F)CC3)n(C[C@@H]3CCO3)c2c1. The topological polar surface area (TPSA) is 39.5 Å². The van der Waals surface area contributed by atoms with Gasteiger partial charge in [-0.25, -0.2) is 13.8 Å². The summed E-state index contributed by atoms with van der Waals surface area (Å²) >= 11 is 5.87. The number of hydrogen-bond donors (Lipinski definition) is 0. The first kappa shape index (κ1) is 26.2. The smallest absolute Gasteiger partial charge is 0.131 e. The van der Waals surface area contributed by atoms with Crippen LogP contribution < -0.4 is 4.74 Å². The van der Waals surface area contributed by atoms with Crippen molar-refractivity contribution in [1.82, 2.24) is 14.5 Å². The van der Waals surface area contributed by atoms with Gasteiger partial charge in [-0.15, -0.1) is 0 Å². The van der Waals surface area contributed by atoms with Crippen molar-refractivity contribution in [2.45, 2.75) is 57.9 Å². The Balaban J connectivity index is 1.15. The van der Waals surface area contributed by atoms with Gasteiger partial charge in [0.05, 0.1) is 30.2 Å². The Bertz CT molecular complexity index is 1480. The number of piperidine rings is 1. The molecule has 0 amide bonds. The molecule has 3 heterocycles. The molecule has 0 aliphatic carbocycles. The highest BCUT2D eigenvalue weighted by Crippen LogP contribution is 2.37. The molecule has 2 fully saturated rings. The zero-order valence-electron chi connectivity index (χ0n) is 22.0. The van der Waals surface area contributed by atoms with E-state index >= 15 is 4.39 Å². The van der Waals surface area contributed by atoms with Crippen molar-refractivity contribution < 1.29 is 18.3 Å². The summed E-state index contributed by atoms with van der Waals surface area (Å²) in [6, 6.07) is 15.8. The number of nitrogens with zero attached hydrogens (tertiary/aromatic N) is 3. The van der Waals surface area contributed by atoms with Crippen molar-refractivity contribution in [1.29, 1.82) is 0 Å². The lowest BCUT2D eigenvalue weighted by molar-refractivity contribution is -0.0592. The fraction of sp³-hybridized carbons (Fsp3) is 0.387. The Labute approximate surface area is 232 Å². The average molecular weight is 552 g/mol. The molecule has 0 radical (unpaired) electrons. The molecule has 0 bridgehead atoms. The summed E-state index contributed by atoms with van der Waals surface area (Å²) < 4.78 is 43.4. The lowest BCUT2D eigenvalue weighted by atomic mass is 9.88. The zero-order chi connectivity index (χ0) is 26.9. The minimum absolute atomic E-state index is 0.0126. The summed E-state index contributed by atoms with van der Waals surface area (Å²) in [4.78, 5) is 7.37. The number of aromatic nitrogens is 2. The maximum atomic E-state index is 15.1. The molecule has 0 unspecified atom stereocenters. The third-order valence-corrected chi connectivity index (χ3v) is 8.17. The first-order valence-electron chi connectivity index (χ1n) is 13.6. The monoisotopic (exact) mass is 551 g/mol. The Hall–Kier alpha value is -3.00. The predicted molar refractivity (Wildman–Crippen MR) is 148 cm³/mol. The number of aryl methyl sites for hydroxylation is 1. The van der Waals surface area contributed by atoms with Crippen molar-refractivity contribution in [3.63, 3.8) is 0 Å². The summed E-state index contributed by atoms with van der Waals surface area (Å²) in [6.45, 7) is 6.15. The van der Waals surface area contributed by atoms with Crippen LogP contribution in [0.5, 0.6) is 5.75 Å². The van der Waals surface area contributed by atoms with Crippen LogP contribution in [0.3, 0.4) is 0 Å². The molecule has 0 spiro atoms. The van der Waals surface area contributed by atoms with Gasteiger partial charge >= 0.3 is 0 Å². The molecule has 8 heteroatoms. The summed E-state index contributed by atoms with van der Waals surface area (Å²) in [7, 11) is 0. The second kappa shape index (κ2) is 11.2. The van der Waals surface area contributed by atoms with Crippen LogP contribution in [0.4, 0.5) is 8.78 Å². The molecule has 0 N–H and O–H groups in total. The van der Waals surface area contributed by atoms with E-state index in [1.165, 1.54) is 17.7 Å². The first-order chi connectivity index (χ1) is 18.9. The predicted octanol–water partition coefficient (Wildman–Crippen LogP) is 7.02. The summed E-state index contributed by atoms with van der Waals surface area (Å²) in [5, 5.41) is 0.330. The molecule has 2 aliphatic heterocycles. The quantitative estimate of drug-likeness (QED) is 0.236. The largest absolute Gasteiger partial charge is 0.488 e. The molecule has 204 valence electrons. The van der Waals surface area contributed by atoms with E-state index in [9.17, 15) is 4.39 Å². The van der Waals surface area contributed by atoms with E-state index in [0.29, 0.717) is 21.9 Å². The maximum absolute atomic E-state index is 15.1. The standard InChI is InChI=1S/C31H32ClF2N3O2/c1-20-5-8-27-28(15-20)37(17-24-11-14-38-24)30(35-27)18-36-12-9-21(10-13-36)31-25(33)3-2-4-29(31)39-19-22-6-7-23(32)16-26(22)34/h2-8,15-16,21,24H,9-14,17-19H2,1H3/t24-/m0/s1. The van der Waals surface area contributed by atoms with Crippen LogP contribution in [0.1, 0.15) is 47.7 Å². The van der Waals surface area contributed by atoms with E-state index in [-0.39, 0.29) is 24.4 Å². The van der Waals surface area contributed by atoms with Crippen molar-refractivity contribution in [3.8, 4) is 5.75 Å². The van der Waals surface area contributed by atoms with E-state index in [1.54, 1.807) is 24.3 Å². The van der Waals surface area contributed by atoms with Crippen molar-refractivity contribution in [3.05, 3.63) is 93.8 Å². The molecule has 3 aromatic carbocycles. The molecule has 6 rings (SSSR count). The Morgan fingerprint density at radius 2 is 1.85 bits per heavy atom. The van der Waals surface area contributed by atoms with Crippen LogP contribution in [-0.2, 0) is 24.4 Å². The highest BCUT2D eigenvalue weighted by molar-refractivity contribution is 6.30. The third-order valence-electron chi connectivity index (χ3n) is 7.93. The van der Waals surface area contributed by atoms with E-state index in [4.69, 9.17) is 26.1 Å². The average Bonchev–Trinajstić information content (AvgIpc) is 3.22. The second-order valence-corrected chi connectivity index (χ2v) is 11.1. The molecular weight excluding hydrogens is 520 g/mol. The Morgan fingerprint density at radius 3 is 2.59 bits per heavy atom. The molecule has 0 saturated carbocycles. The number of rotatable bonds is 8. The van der Waals surface area contributed by atoms with Gasteiger partial charge in [0.15, 0.2) is 0 Å². The van der Waals surface area contributed by atoms with E-state index in [2.05, 4.69) is 34.6 Å². The number of benzene rings is 3. The van der Waals surface area contributed by atoms with Gasteiger partial charge in [-0.05, 0) is 87.2 Å². The van der Waals surface area contributed by atoms with Crippen LogP contribution in [0, 0.1) is 18.6 Å². The number of imidazole rings is 1. The minimum Gasteiger partial charge on any atom is -0.488 e. The van der Waals surface area contributed by atoms with Crippen molar-refractivity contribution in [2.24, 2.45) is 0 Å². The third kappa shape index (κ3) is 5.67. The lowest BCUT2D eigenvalue weighted by Gasteiger charge is -2.33. The number of fused-ring (bicyclic) bond motifs is 1. The summed E-state index contributed by atoms with van der Waals surface area (Å²) in [5.41, 5.74) is 4.34. The summed E-state index contributed by atoms with van der Waals surface area (Å²) in [5.74, 6) is 0.835. The van der Waals surface area contributed by atoms with Crippen LogP contribution in [-0.4, -0.2) is 40.3 Å². The fourth-order valence-electron chi connectivity index (χ4n) is 5.65. The van der Waals surface area contributed by atoms with Gasteiger partial charge in [-0.1, -0.05) is 29.8 Å². The Morgan fingerprint density at radius 1 is 1.03 bits per heavy atom.